The molecule has 0 aliphatic rings. The van der Waals surface area contributed by atoms with E-state index in [1.165, 1.54) is 0 Å². The van der Waals surface area contributed by atoms with Crippen LogP contribution in [0.3, 0.4) is 0 Å². The van der Waals surface area contributed by atoms with E-state index in [0.29, 0.717) is 16.5 Å². The van der Waals surface area contributed by atoms with E-state index in [2.05, 4.69) is 4.85 Å². The molecule has 0 aliphatic heterocycles. The molecule has 3 nitrogen and oxygen atoms in total. The van der Waals surface area contributed by atoms with Gasteiger partial charge >= 0.3 is 0 Å². The molecule has 0 radical (unpaired) electrons. The van der Waals surface area contributed by atoms with Crippen molar-refractivity contribution in [1.29, 1.82) is 0 Å². The number of methoxy groups -OCH3 is 2. The molecule has 4 heteroatoms. The van der Waals surface area contributed by atoms with Crippen molar-refractivity contribution in [3.63, 3.8) is 0 Å². The molecule has 0 aromatic heterocycles. The average Bonchev–Trinajstić information content (AvgIpc) is 2.27. The molecule has 1 rings (SSSR count). The summed E-state index contributed by atoms with van der Waals surface area (Å²) in [5.41, 5.74) is 0.776. The van der Waals surface area contributed by atoms with Crippen molar-refractivity contribution < 1.29 is 9.47 Å². The first-order valence-corrected chi connectivity index (χ1v) is 4.79. The molecule has 0 spiro atoms. The number of benzene rings is 1. The van der Waals surface area contributed by atoms with Gasteiger partial charge in [0, 0.05) is 13.0 Å². The Kier molecular flexibility index (Phi) is 3.81. The van der Waals surface area contributed by atoms with Crippen molar-refractivity contribution in [3.8, 4) is 11.5 Å². The first kappa shape index (κ1) is 11.7. The molecule has 0 bridgehead atoms. The molecule has 0 N–H and O–H groups in total. The lowest BCUT2D eigenvalue weighted by molar-refractivity contribution is 0.390. The van der Waals surface area contributed by atoms with Crippen molar-refractivity contribution in [1.82, 2.24) is 0 Å². The van der Waals surface area contributed by atoms with Crippen LogP contribution in [0.1, 0.15) is 18.5 Å². The maximum atomic E-state index is 6.98. The smallest absolute Gasteiger partial charge is 0.249 e. The molecule has 80 valence electrons. The maximum Gasteiger partial charge on any atom is 0.249 e. The molecule has 0 fully saturated rings. The van der Waals surface area contributed by atoms with E-state index >= 15 is 0 Å². The minimum Gasteiger partial charge on any atom is -0.496 e. The summed E-state index contributed by atoms with van der Waals surface area (Å²) in [6.07, 6.45) is 0. The Morgan fingerprint density at radius 2 is 1.87 bits per heavy atom. The summed E-state index contributed by atoms with van der Waals surface area (Å²) in [6.45, 7) is 8.78. The fraction of sp³-hybridized carbons (Fsp3) is 0.364. The van der Waals surface area contributed by atoms with Crippen LogP contribution in [0.15, 0.2) is 12.1 Å². The normalized spacial score (nSPS) is 11.7. The molecular weight excluding hydrogens is 214 g/mol. The lowest BCUT2D eigenvalue weighted by Crippen LogP contribution is -1.96. The van der Waals surface area contributed by atoms with Crippen LogP contribution < -0.4 is 9.47 Å². The van der Waals surface area contributed by atoms with Gasteiger partial charge in [0.2, 0.25) is 6.04 Å². The van der Waals surface area contributed by atoms with Crippen LogP contribution >= 0.6 is 11.6 Å². The first-order chi connectivity index (χ1) is 7.13. The Labute approximate surface area is 94.4 Å². The molecule has 0 aliphatic carbocycles. The molecule has 1 aromatic carbocycles. The third-order valence-corrected chi connectivity index (χ3v) is 2.44. The lowest BCUT2D eigenvalue weighted by atomic mass is 10.1. The van der Waals surface area contributed by atoms with Crippen molar-refractivity contribution in [2.75, 3.05) is 14.2 Å². The van der Waals surface area contributed by atoms with Crippen LogP contribution in [-0.2, 0) is 0 Å². The van der Waals surface area contributed by atoms with Gasteiger partial charge in [-0.2, -0.15) is 0 Å². The van der Waals surface area contributed by atoms with Gasteiger partial charge in [-0.25, -0.2) is 6.57 Å². The summed E-state index contributed by atoms with van der Waals surface area (Å²) >= 11 is 5.98. The highest BCUT2D eigenvalue weighted by Gasteiger charge is 2.18. The summed E-state index contributed by atoms with van der Waals surface area (Å²) in [5, 5.41) is 0.490. The predicted octanol–water partition coefficient (Wildman–Crippen LogP) is 3.34. The third-order valence-electron chi connectivity index (χ3n) is 2.15. The quantitative estimate of drug-likeness (QED) is 0.737. The highest BCUT2D eigenvalue weighted by Crippen LogP contribution is 2.36. The molecule has 15 heavy (non-hydrogen) atoms. The number of rotatable bonds is 3. The Morgan fingerprint density at radius 3 is 2.33 bits per heavy atom. The van der Waals surface area contributed by atoms with Crippen molar-refractivity contribution in [3.05, 3.63) is 34.1 Å². The molecular formula is C11H12ClNO2. The largest absolute Gasteiger partial charge is 0.496 e. The predicted molar refractivity (Wildman–Crippen MR) is 59.6 cm³/mol. The number of halogens is 1. The zero-order chi connectivity index (χ0) is 11.4. The topological polar surface area (TPSA) is 22.8 Å². The lowest BCUT2D eigenvalue weighted by Gasteiger charge is -2.11. The second-order valence-corrected chi connectivity index (χ2v) is 3.44. The molecule has 0 saturated heterocycles. The highest BCUT2D eigenvalue weighted by molar-refractivity contribution is 6.32. The Bertz CT molecular complexity index is 398. The standard InChI is InChI=1S/C11H12ClNO2/c1-7(13-2)8-5-9(12)11(15-4)6-10(8)14-3/h5-7H,1,3-4H3. The highest BCUT2D eigenvalue weighted by atomic mass is 35.5. The first-order valence-electron chi connectivity index (χ1n) is 4.42. The van der Waals surface area contributed by atoms with Gasteiger partial charge in [-0.1, -0.05) is 11.6 Å². The third kappa shape index (κ3) is 2.34. The van der Waals surface area contributed by atoms with E-state index < -0.39 is 0 Å². The van der Waals surface area contributed by atoms with Gasteiger partial charge in [0.1, 0.15) is 11.5 Å². The van der Waals surface area contributed by atoms with E-state index in [1.807, 2.05) is 0 Å². The molecule has 1 atom stereocenters. The molecule has 1 aromatic rings. The van der Waals surface area contributed by atoms with Crippen LogP contribution in [0, 0.1) is 6.57 Å². The second-order valence-electron chi connectivity index (χ2n) is 3.03. The molecule has 0 saturated carbocycles. The molecule has 0 amide bonds. The summed E-state index contributed by atoms with van der Waals surface area (Å²) < 4.78 is 10.3. The monoisotopic (exact) mass is 225 g/mol. The Hall–Kier alpha value is -1.40. The fourth-order valence-corrected chi connectivity index (χ4v) is 1.53. The SMILES string of the molecule is [C-]#[N+]C(C)c1cc(Cl)c(OC)cc1OC. The van der Waals surface area contributed by atoms with Gasteiger partial charge in [0.25, 0.3) is 0 Å². The van der Waals surface area contributed by atoms with Crippen LogP contribution in [-0.4, -0.2) is 14.2 Å². The summed E-state index contributed by atoms with van der Waals surface area (Å²) in [7, 11) is 3.10. The van der Waals surface area contributed by atoms with Gasteiger partial charge in [0.15, 0.2) is 0 Å². The van der Waals surface area contributed by atoms with Gasteiger partial charge in [-0.05, 0) is 6.07 Å². The zero-order valence-electron chi connectivity index (χ0n) is 8.87. The zero-order valence-corrected chi connectivity index (χ0v) is 9.63. The fourth-order valence-electron chi connectivity index (χ4n) is 1.28. The Balaban J connectivity index is 3.28. The van der Waals surface area contributed by atoms with Crippen molar-refractivity contribution in [2.45, 2.75) is 13.0 Å². The molecule has 1 unspecified atom stereocenters. The van der Waals surface area contributed by atoms with Crippen LogP contribution in [0.4, 0.5) is 0 Å². The van der Waals surface area contributed by atoms with Gasteiger partial charge < -0.3 is 14.3 Å². The van der Waals surface area contributed by atoms with Crippen molar-refractivity contribution in [2.24, 2.45) is 0 Å². The van der Waals surface area contributed by atoms with Gasteiger partial charge in [-0.3, -0.25) is 0 Å². The summed E-state index contributed by atoms with van der Waals surface area (Å²) in [4.78, 5) is 3.43. The minimum absolute atomic E-state index is 0.275. The number of hydrogen-bond acceptors (Lipinski definition) is 2. The average molecular weight is 226 g/mol. The van der Waals surface area contributed by atoms with Crippen LogP contribution in [0.2, 0.25) is 5.02 Å². The van der Waals surface area contributed by atoms with E-state index in [9.17, 15) is 0 Å². The van der Waals surface area contributed by atoms with Gasteiger partial charge in [-0.15, -0.1) is 0 Å². The van der Waals surface area contributed by atoms with E-state index in [0.717, 1.165) is 5.56 Å². The van der Waals surface area contributed by atoms with E-state index in [4.69, 9.17) is 27.6 Å². The number of ether oxygens (including phenoxy) is 2. The van der Waals surface area contributed by atoms with E-state index in [-0.39, 0.29) is 6.04 Å². The maximum absolute atomic E-state index is 6.98. The minimum atomic E-state index is -0.275. The van der Waals surface area contributed by atoms with E-state index in [1.54, 1.807) is 33.3 Å². The van der Waals surface area contributed by atoms with Gasteiger partial charge in [0.05, 0.1) is 24.8 Å². The van der Waals surface area contributed by atoms with Crippen molar-refractivity contribution >= 4 is 11.6 Å². The Morgan fingerprint density at radius 1 is 1.27 bits per heavy atom. The summed E-state index contributed by atoms with van der Waals surface area (Å²) in [6, 6.07) is 3.13. The second kappa shape index (κ2) is 4.90. The summed E-state index contributed by atoms with van der Waals surface area (Å²) in [5.74, 6) is 1.18. The molecule has 0 heterocycles. The van der Waals surface area contributed by atoms with Crippen LogP contribution in [0.5, 0.6) is 11.5 Å². The van der Waals surface area contributed by atoms with Crippen LogP contribution in [0.25, 0.3) is 4.85 Å². The number of hydrogen-bond donors (Lipinski definition) is 0. The number of nitrogens with zero attached hydrogens (tertiary/aromatic N) is 1.